The average molecular weight is 546 g/mol. The van der Waals surface area contributed by atoms with Crippen LogP contribution in [0.15, 0.2) is 64.7 Å². The summed E-state index contributed by atoms with van der Waals surface area (Å²) in [6.07, 6.45) is -0.956. The molecule has 200 valence electrons. The van der Waals surface area contributed by atoms with Crippen molar-refractivity contribution < 1.29 is 27.2 Å². The summed E-state index contributed by atoms with van der Waals surface area (Å²) in [7, 11) is 0. The van der Waals surface area contributed by atoms with Gasteiger partial charge in [0.25, 0.3) is 11.8 Å². The summed E-state index contributed by atoms with van der Waals surface area (Å²) in [5.41, 5.74) is 0.471. The van der Waals surface area contributed by atoms with Crippen molar-refractivity contribution >= 4 is 29.5 Å². The molecule has 0 radical (unpaired) electrons. The third kappa shape index (κ3) is 7.05. The summed E-state index contributed by atoms with van der Waals surface area (Å²) in [6.45, 7) is 4.93. The number of rotatable bonds is 8. The number of benzene rings is 2. The lowest BCUT2D eigenvalue weighted by Crippen LogP contribution is -2.38. The Morgan fingerprint density at radius 1 is 1.05 bits per heavy atom. The maximum atomic E-state index is 13.2. The molecule has 2 amide bonds. The Labute approximate surface area is 223 Å². The summed E-state index contributed by atoms with van der Waals surface area (Å²) < 4.78 is 45.3. The van der Waals surface area contributed by atoms with Gasteiger partial charge in [-0.15, -0.1) is 0 Å². The standard InChI is InChI=1S/C28H27ClF3N3O3/c1-18-4-6-19(7-5-18)26(36)34-24(27(37)33-12-15-35-13-2-3-14-35)17-21-9-11-25(38-21)22-16-20(28(30,31)32)8-10-23(22)29/h4-11,16-17H,2-3,12-15H2,1H3,(H,33,37)(H,34,36). The van der Waals surface area contributed by atoms with Crippen molar-refractivity contribution in [2.75, 3.05) is 26.2 Å². The van der Waals surface area contributed by atoms with E-state index in [4.69, 9.17) is 16.0 Å². The number of aryl methyl sites for hydroxylation is 1. The van der Waals surface area contributed by atoms with Crippen molar-refractivity contribution in [1.29, 1.82) is 0 Å². The fraction of sp³-hybridized carbons (Fsp3) is 0.286. The van der Waals surface area contributed by atoms with E-state index < -0.39 is 23.6 Å². The van der Waals surface area contributed by atoms with Gasteiger partial charge in [0, 0.05) is 30.3 Å². The average Bonchev–Trinajstić information content (AvgIpc) is 3.56. The summed E-state index contributed by atoms with van der Waals surface area (Å²) in [5, 5.41) is 5.53. The van der Waals surface area contributed by atoms with Crippen LogP contribution in [-0.4, -0.2) is 42.9 Å². The van der Waals surface area contributed by atoms with E-state index in [0.717, 1.165) is 49.7 Å². The van der Waals surface area contributed by atoms with Crippen molar-refractivity contribution in [2.24, 2.45) is 0 Å². The van der Waals surface area contributed by atoms with Gasteiger partial charge in [0.1, 0.15) is 17.2 Å². The molecule has 2 heterocycles. The summed E-state index contributed by atoms with van der Waals surface area (Å²) in [4.78, 5) is 28.1. The Kier molecular flexibility index (Phi) is 8.58. The quantitative estimate of drug-likeness (QED) is 0.345. The topological polar surface area (TPSA) is 74.6 Å². The monoisotopic (exact) mass is 545 g/mol. The van der Waals surface area contributed by atoms with Crippen LogP contribution in [0, 0.1) is 6.92 Å². The largest absolute Gasteiger partial charge is 0.457 e. The number of amides is 2. The van der Waals surface area contributed by atoms with Gasteiger partial charge < -0.3 is 20.0 Å². The first-order valence-corrected chi connectivity index (χ1v) is 12.6. The number of alkyl halides is 3. The molecule has 0 spiro atoms. The number of nitrogens with zero attached hydrogens (tertiary/aromatic N) is 1. The van der Waals surface area contributed by atoms with Crippen LogP contribution in [0.4, 0.5) is 13.2 Å². The molecule has 0 bridgehead atoms. The zero-order chi connectivity index (χ0) is 27.3. The zero-order valence-corrected chi connectivity index (χ0v) is 21.5. The molecule has 1 saturated heterocycles. The van der Waals surface area contributed by atoms with Crippen molar-refractivity contribution in [2.45, 2.75) is 25.9 Å². The van der Waals surface area contributed by atoms with Crippen molar-refractivity contribution in [3.63, 3.8) is 0 Å². The molecule has 1 fully saturated rings. The molecule has 0 unspecified atom stereocenters. The maximum absolute atomic E-state index is 13.2. The molecular formula is C28H27ClF3N3O3. The van der Waals surface area contributed by atoms with Crippen molar-refractivity contribution in [1.82, 2.24) is 15.5 Å². The van der Waals surface area contributed by atoms with Gasteiger partial charge in [-0.1, -0.05) is 29.3 Å². The molecule has 1 aliphatic rings. The molecule has 2 aromatic carbocycles. The first-order chi connectivity index (χ1) is 18.1. The van der Waals surface area contributed by atoms with Gasteiger partial charge in [0.05, 0.1) is 10.6 Å². The van der Waals surface area contributed by atoms with E-state index in [1.165, 1.54) is 18.2 Å². The Bertz CT molecular complexity index is 1330. The molecule has 4 rings (SSSR count). The van der Waals surface area contributed by atoms with Crippen molar-refractivity contribution in [3.8, 4) is 11.3 Å². The van der Waals surface area contributed by atoms with Crippen LogP contribution in [0.25, 0.3) is 17.4 Å². The third-order valence-corrected chi connectivity index (χ3v) is 6.52. The highest BCUT2D eigenvalue weighted by molar-refractivity contribution is 6.33. The highest BCUT2D eigenvalue weighted by Gasteiger charge is 2.31. The highest BCUT2D eigenvalue weighted by Crippen LogP contribution is 2.36. The van der Waals surface area contributed by atoms with Gasteiger partial charge in [0.15, 0.2) is 0 Å². The molecule has 38 heavy (non-hydrogen) atoms. The lowest BCUT2D eigenvalue weighted by Gasteiger charge is -2.16. The van der Waals surface area contributed by atoms with Gasteiger partial charge in [-0.3, -0.25) is 9.59 Å². The number of furan rings is 1. The molecule has 10 heteroatoms. The highest BCUT2D eigenvalue weighted by atomic mass is 35.5. The number of hydrogen-bond acceptors (Lipinski definition) is 4. The number of carbonyl (C=O) groups excluding carboxylic acids is 2. The van der Waals surface area contributed by atoms with Crippen LogP contribution in [0.1, 0.15) is 40.1 Å². The lowest BCUT2D eigenvalue weighted by molar-refractivity contribution is -0.137. The van der Waals surface area contributed by atoms with E-state index in [9.17, 15) is 22.8 Å². The molecule has 1 aromatic heterocycles. The molecule has 3 aromatic rings. The van der Waals surface area contributed by atoms with Crippen LogP contribution in [0.3, 0.4) is 0 Å². The minimum atomic E-state index is -4.55. The van der Waals surface area contributed by atoms with E-state index in [-0.39, 0.29) is 27.8 Å². The van der Waals surface area contributed by atoms with E-state index in [1.54, 1.807) is 24.3 Å². The smallest absolute Gasteiger partial charge is 0.416 e. The van der Waals surface area contributed by atoms with E-state index in [1.807, 2.05) is 6.92 Å². The number of nitrogens with one attached hydrogen (secondary N) is 2. The number of halogens is 4. The first-order valence-electron chi connectivity index (χ1n) is 12.2. The second kappa shape index (κ2) is 11.9. The Morgan fingerprint density at radius 2 is 1.76 bits per heavy atom. The van der Waals surface area contributed by atoms with Crippen molar-refractivity contribution in [3.05, 3.63) is 87.8 Å². The van der Waals surface area contributed by atoms with E-state index in [0.29, 0.717) is 18.7 Å². The fourth-order valence-electron chi connectivity index (χ4n) is 4.09. The minimum absolute atomic E-state index is 0.0569. The van der Waals surface area contributed by atoms with Crippen LogP contribution in [0.2, 0.25) is 5.02 Å². The zero-order valence-electron chi connectivity index (χ0n) is 20.7. The Morgan fingerprint density at radius 3 is 2.45 bits per heavy atom. The molecule has 0 atom stereocenters. The number of likely N-dealkylation sites (tertiary alicyclic amines) is 1. The minimum Gasteiger partial charge on any atom is -0.457 e. The fourth-order valence-corrected chi connectivity index (χ4v) is 4.31. The maximum Gasteiger partial charge on any atom is 0.416 e. The summed E-state index contributed by atoms with van der Waals surface area (Å²) in [5.74, 6) is -0.758. The van der Waals surface area contributed by atoms with E-state index >= 15 is 0 Å². The van der Waals surface area contributed by atoms with Gasteiger partial charge in [-0.2, -0.15) is 13.2 Å². The van der Waals surface area contributed by atoms with Gasteiger partial charge in [0.2, 0.25) is 0 Å². The second-order valence-corrected chi connectivity index (χ2v) is 9.48. The molecule has 0 aliphatic carbocycles. The Balaban J connectivity index is 1.57. The summed E-state index contributed by atoms with van der Waals surface area (Å²) in [6, 6.07) is 12.7. The van der Waals surface area contributed by atoms with Gasteiger partial charge >= 0.3 is 6.18 Å². The normalized spacial score (nSPS) is 14.5. The molecule has 2 N–H and O–H groups in total. The first kappa shape index (κ1) is 27.5. The molecular weight excluding hydrogens is 519 g/mol. The van der Waals surface area contributed by atoms with Crippen LogP contribution in [0.5, 0.6) is 0 Å². The molecule has 1 aliphatic heterocycles. The predicted octanol–water partition coefficient (Wildman–Crippen LogP) is 5.91. The number of carbonyl (C=O) groups is 2. The van der Waals surface area contributed by atoms with Gasteiger partial charge in [-0.05, 0) is 75.3 Å². The van der Waals surface area contributed by atoms with E-state index in [2.05, 4.69) is 15.5 Å². The predicted molar refractivity (Wildman–Crippen MR) is 139 cm³/mol. The van der Waals surface area contributed by atoms with Gasteiger partial charge in [-0.25, -0.2) is 0 Å². The second-order valence-electron chi connectivity index (χ2n) is 9.08. The number of hydrogen-bond donors (Lipinski definition) is 2. The summed E-state index contributed by atoms with van der Waals surface area (Å²) >= 11 is 6.14. The third-order valence-electron chi connectivity index (χ3n) is 6.19. The molecule has 6 nitrogen and oxygen atoms in total. The van der Waals surface area contributed by atoms with Crippen LogP contribution < -0.4 is 10.6 Å². The van der Waals surface area contributed by atoms with Crippen LogP contribution in [-0.2, 0) is 11.0 Å². The Hall–Kier alpha value is -3.56. The van der Waals surface area contributed by atoms with Crippen LogP contribution >= 0.6 is 11.6 Å². The lowest BCUT2D eigenvalue weighted by atomic mass is 10.1. The molecule has 0 saturated carbocycles. The SMILES string of the molecule is Cc1ccc(C(=O)NC(=Cc2ccc(-c3cc(C(F)(F)F)ccc3Cl)o2)C(=O)NCCN2CCCC2)cc1.